The maximum atomic E-state index is 9.71. The molecule has 5 heteroatoms. The maximum Gasteiger partial charge on any atom is 0.258 e. The van der Waals surface area contributed by atoms with Gasteiger partial charge in [0, 0.05) is 29.9 Å². The van der Waals surface area contributed by atoms with Crippen LogP contribution in [0.4, 0.5) is 0 Å². The van der Waals surface area contributed by atoms with Gasteiger partial charge in [-0.2, -0.15) is 4.98 Å². The Kier molecular flexibility index (Phi) is 3.16. The molecule has 0 aliphatic rings. The molecule has 2 heterocycles. The topological polar surface area (TPSA) is 72.0 Å². The number of rotatable bonds is 3. The van der Waals surface area contributed by atoms with Crippen LogP contribution in [0.3, 0.4) is 0 Å². The molecule has 0 saturated heterocycles. The van der Waals surface area contributed by atoms with Gasteiger partial charge in [-0.3, -0.25) is 4.98 Å². The molecule has 0 aliphatic heterocycles. The Hall–Kier alpha value is -2.69. The van der Waals surface area contributed by atoms with Crippen molar-refractivity contribution in [3.63, 3.8) is 0 Å². The first-order valence-corrected chi connectivity index (χ1v) is 6.24. The average molecular weight is 267 g/mol. The van der Waals surface area contributed by atoms with E-state index in [9.17, 15) is 5.11 Å². The highest BCUT2D eigenvalue weighted by Crippen LogP contribution is 2.27. The number of aromatic hydroxyl groups is 1. The summed E-state index contributed by atoms with van der Waals surface area (Å²) < 4.78 is 5.27. The predicted molar refractivity (Wildman–Crippen MR) is 73.2 cm³/mol. The molecule has 100 valence electrons. The summed E-state index contributed by atoms with van der Waals surface area (Å²) >= 11 is 0. The minimum absolute atomic E-state index is 0.217. The summed E-state index contributed by atoms with van der Waals surface area (Å²) in [4.78, 5) is 8.41. The third kappa shape index (κ3) is 2.38. The Morgan fingerprint density at radius 3 is 2.90 bits per heavy atom. The Bertz CT molecular complexity index is 723. The smallest absolute Gasteiger partial charge is 0.258 e. The normalized spacial score (nSPS) is 10.7. The number of benzene rings is 1. The summed E-state index contributed by atoms with van der Waals surface area (Å²) in [6.07, 6.45) is 4.06. The predicted octanol–water partition coefficient (Wildman–Crippen LogP) is 2.74. The third-order valence-corrected chi connectivity index (χ3v) is 3.09. The van der Waals surface area contributed by atoms with Crippen LogP contribution in [0.2, 0.25) is 0 Å². The second kappa shape index (κ2) is 5.13. The highest BCUT2D eigenvalue weighted by atomic mass is 16.5. The Labute approximate surface area is 115 Å². The van der Waals surface area contributed by atoms with Crippen molar-refractivity contribution in [1.82, 2.24) is 15.1 Å². The van der Waals surface area contributed by atoms with E-state index in [1.165, 1.54) is 0 Å². The van der Waals surface area contributed by atoms with Crippen LogP contribution in [-0.2, 0) is 6.42 Å². The standard InChI is InChI=1S/C15H13N3O2/c1-10-12(5-2-6-13(10)19)15-17-14(18-20-15)8-11-4-3-7-16-9-11/h2-7,9,19H,8H2,1H3. The minimum atomic E-state index is 0.217. The SMILES string of the molecule is Cc1c(O)cccc1-c1nc(Cc2cccnc2)no1. The van der Waals surface area contributed by atoms with Gasteiger partial charge in [0.2, 0.25) is 0 Å². The fourth-order valence-electron chi connectivity index (χ4n) is 1.98. The van der Waals surface area contributed by atoms with Gasteiger partial charge in [-0.05, 0) is 30.7 Å². The number of hydrogen-bond acceptors (Lipinski definition) is 5. The summed E-state index contributed by atoms with van der Waals surface area (Å²) in [6, 6.07) is 9.06. The van der Waals surface area contributed by atoms with Crippen LogP contribution in [0.25, 0.3) is 11.5 Å². The average Bonchev–Trinajstić information content (AvgIpc) is 2.91. The molecule has 3 rings (SSSR count). The Morgan fingerprint density at radius 2 is 2.10 bits per heavy atom. The summed E-state index contributed by atoms with van der Waals surface area (Å²) in [6.45, 7) is 1.82. The molecule has 0 atom stereocenters. The van der Waals surface area contributed by atoms with Gasteiger partial charge in [0.15, 0.2) is 5.82 Å². The number of phenolic OH excluding ortho intramolecular Hbond substituents is 1. The fraction of sp³-hybridized carbons (Fsp3) is 0.133. The summed E-state index contributed by atoms with van der Waals surface area (Å²) in [7, 11) is 0. The first kappa shape index (κ1) is 12.3. The van der Waals surface area contributed by atoms with Crippen molar-refractivity contribution in [2.24, 2.45) is 0 Å². The quantitative estimate of drug-likeness (QED) is 0.790. The summed E-state index contributed by atoms with van der Waals surface area (Å²) in [5, 5.41) is 13.7. The van der Waals surface area contributed by atoms with Crippen molar-refractivity contribution in [2.75, 3.05) is 0 Å². The van der Waals surface area contributed by atoms with Crippen LogP contribution in [-0.4, -0.2) is 20.2 Å². The molecule has 0 bridgehead atoms. The molecule has 3 aromatic rings. The zero-order valence-corrected chi connectivity index (χ0v) is 10.9. The van der Waals surface area contributed by atoms with Crippen LogP contribution < -0.4 is 0 Å². The lowest BCUT2D eigenvalue weighted by molar-refractivity contribution is 0.422. The van der Waals surface area contributed by atoms with E-state index in [1.807, 2.05) is 25.1 Å². The molecule has 5 nitrogen and oxygen atoms in total. The Morgan fingerprint density at radius 1 is 1.20 bits per heavy atom. The van der Waals surface area contributed by atoms with Crippen LogP contribution >= 0.6 is 0 Å². The zero-order chi connectivity index (χ0) is 13.9. The van der Waals surface area contributed by atoms with Crippen LogP contribution in [0.5, 0.6) is 5.75 Å². The molecule has 0 spiro atoms. The van der Waals surface area contributed by atoms with Crippen LogP contribution in [0.15, 0.2) is 47.2 Å². The lowest BCUT2D eigenvalue weighted by Crippen LogP contribution is -1.91. The van der Waals surface area contributed by atoms with Crippen molar-refractivity contribution >= 4 is 0 Å². The lowest BCUT2D eigenvalue weighted by atomic mass is 10.1. The van der Waals surface area contributed by atoms with E-state index >= 15 is 0 Å². The molecule has 2 aromatic heterocycles. The number of nitrogens with zero attached hydrogens (tertiary/aromatic N) is 3. The zero-order valence-electron chi connectivity index (χ0n) is 10.9. The molecule has 0 fully saturated rings. The fourth-order valence-corrected chi connectivity index (χ4v) is 1.98. The number of phenols is 1. The van der Waals surface area contributed by atoms with E-state index in [4.69, 9.17) is 4.52 Å². The number of pyridine rings is 1. The second-order valence-electron chi connectivity index (χ2n) is 4.50. The van der Waals surface area contributed by atoms with Gasteiger partial charge < -0.3 is 9.63 Å². The van der Waals surface area contributed by atoms with E-state index in [1.54, 1.807) is 24.5 Å². The van der Waals surface area contributed by atoms with Crippen LogP contribution in [0, 0.1) is 6.92 Å². The Balaban J connectivity index is 1.89. The first-order valence-electron chi connectivity index (χ1n) is 6.24. The van der Waals surface area contributed by atoms with Gasteiger partial charge in [-0.25, -0.2) is 0 Å². The largest absolute Gasteiger partial charge is 0.508 e. The van der Waals surface area contributed by atoms with Crippen molar-refractivity contribution in [1.29, 1.82) is 0 Å². The van der Waals surface area contributed by atoms with Gasteiger partial charge in [0.1, 0.15) is 5.75 Å². The number of hydrogen-bond donors (Lipinski definition) is 1. The molecule has 0 unspecified atom stereocenters. The van der Waals surface area contributed by atoms with E-state index in [-0.39, 0.29) is 5.75 Å². The van der Waals surface area contributed by atoms with Crippen molar-refractivity contribution in [3.05, 3.63) is 59.7 Å². The monoisotopic (exact) mass is 267 g/mol. The molecular weight excluding hydrogens is 254 g/mol. The first-order chi connectivity index (χ1) is 9.74. The molecule has 0 radical (unpaired) electrons. The molecular formula is C15H13N3O2. The summed E-state index contributed by atoms with van der Waals surface area (Å²) in [5.74, 6) is 1.22. The summed E-state index contributed by atoms with van der Waals surface area (Å²) in [5.41, 5.74) is 2.49. The molecule has 1 N–H and O–H groups in total. The highest BCUT2D eigenvalue weighted by molar-refractivity contribution is 5.61. The van der Waals surface area contributed by atoms with Crippen molar-refractivity contribution in [3.8, 4) is 17.2 Å². The van der Waals surface area contributed by atoms with Crippen molar-refractivity contribution < 1.29 is 9.63 Å². The van der Waals surface area contributed by atoms with E-state index in [0.29, 0.717) is 18.1 Å². The van der Waals surface area contributed by atoms with Gasteiger partial charge >= 0.3 is 0 Å². The van der Waals surface area contributed by atoms with E-state index in [0.717, 1.165) is 16.7 Å². The third-order valence-electron chi connectivity index (χ3n) is 3.09. The molecule has 20 heavy (non-hydrogen) atoms. The van der Waals surface area contributed by atoms with E-state index in [2.05, 4.69) is 15.1 Å². The van der Waals surface area contributed by atoms with Gasteiger partial charge in [0.05, 0.1) is 0 Å². The second-order valence-corrected chi connectivity index (χ2v) is 4.50. The number of aromatic nitrogens is 3. The highest BCUT2D eigenvalue weighted by Gasteiger charge is 2.13. The minimum Gasteiger partial charge on any atom is -0.508 e. The molecule has 1 aromatic carbocycles. The molecule has 0 amide bonds. The maximum absolute atomic E-state index is 9.71. The lowest BCUT2D eigenvalue weighted by Gasteiger charge is -2.01. The van der Waals surface area contributed by atoms with Crippen molar-refractivity contribution in [2.45, 2.75) is 13.3 Å². The van der Waals surface area contributed by atoms with Gasteiger partial charge in [0.25, 0.3) is 5.89 Å². The molecule has 0 aliphatic carbocycles. The van der Waals surface area contributed by atoms with E-state index < -0.39 is 0 Å². The van der Waals surface area contributed by atoms with Gasteiger partial charge in [-0.1, -0.05) is 17.3 Å². The van der Waals surface area contributed by atoms with Crippen LogP contribution in [0.1, 0.15) is 17.0 Å². The van der Waals surface area contributed by atoms with Gasteiger partial charge in [-0.15, -0.1) is 0 Å². The molecule has 0 saturated carbocycles.